The Labute approximate surface area is 64.2 Å². The fourth-order valence-electron chi connectivity index (χ4n) is 0.783. The molecule has 0 fully saturated rings. The molecule has 0 saturated heterocycles. The molecule has 1 unspecified atom stereocenters. The second-order valence-electron chi connectivity index (χ2n) is 2.09. The minimum Gasteiger partial charge on any atom is -0.497 e. The van der Waals surface area contributed by atoms with Crippen LogP contribution in [0.5, 0.6) is 5.75 Å². The Bertz CT molecular complexity index is 235. The van der Waals surface area contributed by atoms with Gasteiger partial charge in [0.1, 0.15) is 5.75 Å². The molecule has 3 heteroatoms. The van der Waals surface area contributed by atoms with Crippen molar-refractivity contribution in [3.05, 3.63) is 29.8 Å². The lowest BCUT2D eigenvalue weighted by molar-refractivity contribution is -0.0248. The minimum atomic E-state index is -2.18. The first-order chi connectivity index (χ1) is 5.24. The molecule has 0 aliphatic carbocycles. The number of hydrogen-bond donors (Lipinski definition) is 0. The molecule has 1 rings (SSSR count). The summed E-state index contributed by atoms with van der Waals surface area (Å²) in [6.07, 6.45) is -2.18. The van der Waals surface area contributed by atoms with E-state index in [1.54, 1.807) is 12.1 Å². The van der Waals surface area contributed by atoms with Gasteiger partial charge in [0, 0.05) is 5.56 Å². The average molecular weight is 155 g/mol. The van der Waals surface area contributed by atoms with Crippen molar-refractivity contribution >= 4 is 0 Å². The van der Waals surface area contributed by atoms with E-state index in [1.807, 2.05) is 0 Å². The van der Waals surface area contributed by atoms with E-state index in [9.17, 15) is 9.50 Å². The predicted octanol–water partition coefficient (Wildman–Crippen LogP) is 2.09. The smallest absolute Gasteiger partial charge is 0.256 e. The number of alkyl halides is 1. The standard InChI is InChI=1S/C8H8FO2/c1-11-7-4-2-3-6(5-7)8(9)10/h2-5,8H,1H3. The van der Waals surface area contributed by atoms with Gasteiger partial charge < -0.3 is 4.74 Å². The molecule has 0 N–H and O–H groups in total. The van der Waals surface area contributed by atoms with Gasteiger partial charge in [-0.2, -0.15) is 5.11 Å². The van der Waals surface area contributed by atoms with Crippen LogP contribution in [0.25, 0.3) is 0 Å². The molecule has 0 aliphatic rings. The predicted molar refractivity (Wildman–Crippen MR) is 37.5 cm³/mol. The van der Waals surface area contributed by atoms with Crippen molar-refractivity contribution in [3.63, 3.8) is 0 Å². The number of hydrogen-bond acceptors (Lipinski definition) is 1. The van der Waals surface area contributed by atoms with Crippen LogP contribution in [0.4, 0.5) is 4.39 Å². The van der Waals surface area contributed by atoms with Crippen molar-refractivity contribution in [2.75, 3.05) is 7.11 Å². The molecule has 59 valence electrons. The molecule has 0 bridgehead atoms. The zero-order valence-electron chi connectivity index (χ0n) is 6.08. The Hall–Kier alpha value is -1.09. The van der Waals surface area contributed by atoms with Gasteiger partial charge in [0.25, 0.3) is 6.36 Å². The summed E-state index contributed by atoms with van der Waals surface area (Å²) in [6.45, 7) is 0. The van der Waals surface area contributed by atoms with Gasteiger partial charge in [-0.1, -0.05) is 12.1 Å². The number of halogens is 1. The average Bonchev–Trinajstić information content (AvgIpc) is 2.05. The molecule has 1 aromatic rings. The summed E-state index contributed by atoms with van der Waals surface area (Å²) in [5.41, 5.74) is 0.101. The van der Waals surface area contributed by atoms with E-state index in [2.05, 4.69) is 0 Å². The van der Waals surface area contributed by atoms with Crippen molar-refractivity contribution < 1.29 is 14.2 Å². The van der Waals surface area contributed by atoms with Crippen LogP contribution >= 0.6 is 0 Å². The van der Waals surface area contributed by atoms with Crippen LogP contribution in [0.3, 0.4) is 0 Å². The summed E-state index contributed by atoms with van der Waals surface area (Å²) < 4.78 is 16.9. The number of benzene rings is 1. The summed E-state index contributed by atoms with van der Waals surface area (Å²) in [7, 11) is 1.47. The molecular formula is C8H8FO2. The molecule has 11 heavy (non-hydrogen) atoms. The SMILES string of the molecule is COc1cccc(C([O])F)c1. The van der Waals surface area contributed by atoms with E-state index in [-0.39, 0.29) is 5.56 Å². The van der Waals surface area contributed by atoms with E-state index in [4.69, 9.17) is 4.74 Å². The van der Waals surface area contributed by atoms with Crippen LogP contribution in [0.2, 0.25) is 0 Å². The Morgan fingerprint density at radius 1 is 1.55 bits per heavy atom. The van der Waals surface area contributed by atoms with Crippen molar-refractivity contribution in [2.24, 2.45) is 0 Å². The Morgan fingerprint density at radius 2 is 2.27 bits per heavy atom. The highest BCUT2D eigenvalue weighted by Crippen LogP contribution is 2.19. The van der Waals surface area contributed by atoms with Gasteiger partial charge in [-0.15, -0.1) is 0 Å². The monoisotopic (exact) mass is 155 g/mol. The fourth-order valence-corrected chi connectivity index (χ4v) is 0.783. The maximum Gasteiger partial charge on any atom is 0.256 e. The zero-order valence-corrected chi connectivity index (χ0v) is 6.08. The minimum absolute atomic E-state index is 0.101. The number of ether oxygens (including phenoxy) is 1. The lowest BCUT2D eigenvalue weighted by Crippen LogP contribution is -1.88. The lowest BCUT2D eigenvalue weighted by Gasteiger charge is -2.01. The van der Waals surface area contributed by atoms with E-state index in [1.165, 1.54) is 19.2 Å². The maximum atomic E-state index is 12.1. The highest BCUT2D eigenvalue weighted by Gasteiger charge is 2.05. The van der Waals surface area contributed by atoms with Crippen LogP contribution < -0.4 is 4.74 Å². The second-order valence-corrected chi connectivity index (χ2v) is 2.09. The van der Waals surface area contributed by atoms with Crippen LogP contribution in [0.15, 0.2) is 24.3 Å². The van der Waals surface area contributed by atoms with Crippen molar-refractivity contribution in [2.45, 2.75) is 6.36 Å². The summed E-state index contributed by atoms with van der Waals surface area (Å²) in [6, 6.07) is 6.06. The molecule has 1 aromatic carbocycles. The van der Waals surface area contributed by atoms with Crippen LogP contribution in [0, 0.1) is 0 Å². The largest absolute Gasteiger partial charge is 0.497 e. The normalized spacial score (nSPS) is 12.6. The van der Waals surface area contributed by atoms with Gasteiger partial charge in [-0.25, -0.2) is 4.39 Å². The lowest BCUT2D eigenvalue weighted by atomic mass is 10.2. The third kappa shape index (κ3) is 1.91. The van der Waals surface area contributed by atoms with Crippen LogP contribution in [-0.4, -0.2) is 7.11 Å². The number of methoxy groups -OCH3 is 1. The first-order valence-electron chi connectivity index (χ1n) is 3.18. The molecule has 0 aliphatic heterocycles. The topological polar surface area (TPSA) is 29.1 Å². The molecule has 0 aromatic heterocycles. The van der Waals surface area contributed by atoms with Crippen molar-refractivity contribution in [1.82, 2.24) is 0 Å². The van der Waals surface area contributed by atoms with Crippen molar-refractivity contribution in [3.8, 4) is 5.75 Å². The fraction of sp³-hybridized carbons (Fsp3) is 0.250. The summed E-state index contributed by atoms with van der Waals surface area (Å²) in [5, 5.41) is 10.3. The third-order valence-electron chi connectivity index (χ3n) is 1.36. The summed E-state index contributed by atoms with van der Waals surface area (Å²) >= 11 is 0. The zero-order chi connectivity index (χ0) is 8.27. The van der Waals surface area contributed by atoms with E-state index < -0.39 is 6.36 Å². The highest BCUT2D eigenvalue weighted by molar-refractivity contribution is 5.28. The van der Waals surface area contributed by atoms with Gasteiger partial charge in [0.2, 0.25) is 0 Å². The first-order valence-corrected chi connectivity index (χ1v) is 3.18. The third-order valence-corrected chi connectivity index (χ3v) is 1.36. The summed E-state index contributed by atoms with van der Waals surface area (Å²) in [5.74, 6) is 0.501. The second kappa shape index (κ2) is 3.34. The van der Waals surface area contributed by atoms with E-state index in [0.717, 1.165) is 0 Å². The van der Waals surface area contributed by atoms with Crippen LogP contribution in [0.1, 0.15) is 11.9 Å². The highest BCUT2D eigenvalue weighted by atomic mass is 19.1. The Kier molecular flexibility index (Phi) is 2.44. The molecule has 0 heterocycles. The van der Waals surface area contributed by atoms with E-state index >= 15 is 0 Å². The van der Waals surface area contributed by atoms with Crippen molar-refractivity contribution in [1.29, 1.82) is 0 Å². The molecule has 0 spiro atoms. The quantitative estimate of drug-likeness (QED) is 0.642. The van der Waals surface area contributed by atoms with Crippen LogP contribution in [-0.2, 0) is 5.11 Å². The van der Waals surface area contributed by atoms with Gasteiger partial charge in [0.05, 0.1) is 7.11 Å². The van der Waals surface area contributed by atoms with Gasteiger partial charge in [-0.3, -0.25) is 0 Å². The van der Waals surface area contributed by atoms with E-state index in [0.29, 0.717) is 5.75 Å². The van der Waals surface area contributed by atoms with Gasteiger partial charge in [-0.05, 0) is 12.1 Å². The molecule has 1 radical (unpaired) electrons. The molecular weight excluding hydrogens is 147 g/mol. The first kappa shape index (κ1) is 8.01. The number of rotatable bonds is 2. The molecule has 2 nitrogen and oxygen atoms in total. The molecule has 0 amide bonds. The summed E-state index contributed by atoms with van der Waals surface area (Å²) in [4.78, 5) is 0. The molecule has 1 atom stereocenters. The van der Waals surface area contributed by atoms with Gasteiger partial charge in [0.15, 0.2) is 0 Å². The maximum absolute atomic E-state index is 12.1. The Morgan fingerprint density at radius 3 is 2.82 bits per heavy atom. The molecule has 0 saturated carbocycles. The van der Waals surface area contributed by atoms with Gasteiger partial charge >= 0.3 is 0 Å². The Balaban J connectivity index is 2.91.